The van der Waals surface area contributed by atoms with E-state index in [4.69, 9.17) is 9.47 Å². The van der Waals surface area contributed by atoms with Crippen LogP contribution in [0.15, 0.2) is 42.7 Å². The highest BCUT2D eigenvalue weighted by atomic mass is 16.5. The Morgan fingerprint density at radius 2 is 1.96 bits per heavy atom. The summed E-state index contributed by atoms with van der Waals surface area (Å²) in [4.78, 5) is 17.4. The number of pyridine rings is 1. The van der Waals surface area contributed by atoms with Crippen LogP contribution in [0.25, 0.3) is 11.4 Å². The molecule has 0 radical (unpaired) electrons. The molecular formula is C16H16N6O3. The SMILES string of the molecule is COc1cc(NC(=O)Cn2nnc(-c3cccnc3)n2)cc(OC)c1. The van der Waals surface area contributed by atoms with Gasteiger partial charge in [-0.2, -0.15) is 4.80 Å². The number of tetrazole rings is 1. The van der Waals surface area contributed by atoms with Gasteiger partial charge in [0.25, 0.3) is 0 Å². The number of hydrogen-bond donors (Lipinski definition) is 1. The summed E-state index contributed by atoms with van der Waals surface area (Å²) in [5.41, 5.74) is 1.28. The lowest BCUT2D eigenvalue weighted by Crippen LogP contribution is -2.20. The number of nitrogens with zero attached hydrogens (tertiary/aromatic N) is 5. The third-order valence-corrected chi connectivity index (χ3v) is 3.29. The average molecular weight is 340 g/mol. The number of rotatable bonds is 6. The molecule has 9 heteroatoms. The minimum Gasteiger partial charge on any atom is -0.497 e. The quantitative estimate of drug-likeness (QED) is 0.723. The number of methoxy groups -OCH3 is 2. The summed E-state index contributed by atoms with van der Waals surface area (Å²) >= 11 is 0. The Kier molecular flexibility index (Phi) is 4.84. The Balaban J connectivity index is 1.68. The summed E-state index contributed by atoms with van der Waals surface area (Å²) in [5.74, 6) is 1.26. The minimum atomic E-state index is -0.301. The molecule has 25 heavy (non-hydrogen) atoms. The molecule has 0 unspecified atom stereocenters. The zero-order chi connectivity index (χ0) is 17.6. The maximum absolute atomic E-state index is 12.2. The first-order chi connectivity index (χ1) is 12.2. The second kappa shape index (κ2) is 7.39. The molecule has 0 bridgehead atoms. The number of nitrogens with one attached hydrogen (secondary N) is 1. The van der Waals surface area contributed by atoms with Crippen LogP contribution >= 0.6 is 0 Å². The van der Waals surface area contributed by atoms with Crippen molar-refractivity contribution in [3.8, 4) is 22.9 Å². The molecular weight excluding hydrogens is 324 g/mol. The van der Waals surface area contributed by atoms with E-state index < -0.39 is 0 Å². The summed E-state index contributed by atoms with van der Waals surface area (Å²) < 4.78 is 10.3. The maximum atomic E-state index is 12.2. The summed E-state index contributed by atoms with van der Waals surface area (Å²) in [6.07, 6.45) is 3.29. The van der Waals surface area contributed by atoms with Crippen molar-refractivity contribution in [2.75, 3.05) is 19.5 Å². The van der Waals surface area contributed by atoms with Gasteiger partial charge in [0.1, 0.15) is 18.0 Å². The molecule has 0 aliphatic rings. The number of amides is 1. The lowest BCUT2D eigenvalue weighted by molar-refractivity contribution is -0.117. The molecule has 9 nitrogen and oxygen atoms in total. The van der Waals surface area contributed by atoms with Crippen LogP contribution in [0.2, 0.25) is 0 Å². The monoisotopic (exact) mass is 340 g/mol. The van der Waals surface area contributed by atoms with Gasteiger partial charge in [0.15, 0.2) is 0 Å². The zero-order valence-corrected chi connectivity index (χ0v) is 13.7. The van der Waals surface area contributed by atoms with Crippen molar-refractivity contribution in [3.05, 3.63) is 42.7 Å². The van der Waals surface area contributed by atoms with Crippen LogP contribution in [0.5, 0.6) is 11.5 Å². The number of carbonyl (C=O) groups is 1. The van der Waals surface area contributed by atoms with Crippen molar-refractivity contribution in [3.63, 3.8) is 0 Å². The van der Waals surface area contributed by atoms with Gasteiger partial charge in [-0.15, -0.1) is 10.2 Å². The Morgan fingerprint density at radius 1 is 1.20 bits per heavy atom. The summed E-state index contributed by atoms with van der Waals surface area (Å²) in [7, 11) is 3.08. The predicted molar refractivity (Wildman–Crippen MR) is 89.2 cm³/mol. The van der Waals surface area contributed by atoms with Gasteiger partial charge >= 0.3 is 0 Å². The van der Waals surface area contributed by atoms with Crippen LogP contribution in [0, 0.1) is 0 Å². The largest absolute Gasteiger partial charge is 0.497 e. The predicted octanol–water partition coefficient (Wildman–Crippen LogP) is 1.39. The van der Waals surface area contributed by atoms with E-state index in [1.165, 1.54) is 4.80 Å². The van der Waals surface area contributed by atoms with Gasteiger partial charge < -0.3 is 14.8 Å². The van der Waals surface area contributed by atoms with Crippen LogP contribution in [0.1, 0.15) is 0 Å². The molecule has 3 rings (SSSR count). The Labute approximate surface area is 143 Å². The Hall–Kier alpha value is -3.49. The van der Waals surface area contributed by atoms with Crippen LogP contribution in [-0.2, 0) is 11.3 Å². The van der Waals surface area contributed by atoms with Crippen molar-refractivity contribution in [1.82, 2.24) is 25.2 Å². The van der Waals surface area contributed by atoms with E-state index in [0.717, 1.165) is 5.56 Å². The van der Waals surface area contributed by atoms with Crippen LogP contribution in [-0.4, -0.2) is 45.3 Å². The third-order valence-electron chi connectivity index (χ3n) is 3.29. The number of carbonyl (C=O) groups excluding carboxylic acids is 1. The fraction of sp³-hybridized carbons (Fsp3) is 0.188. The highest BCUT2D eigenvalue weighted by Gasteiger charge is 2.11. The standard InChI is InChI=1S/C16H16N6O3/c1-24-13-6-12(7-14(8-13)25-2)18-15(23)10-22-20-16(19-21-22)11-4-3-5-17-9-11/h3-9H,10H2,1-2H3,(H,18,23). The van der Waals surface area contributed by atoms with Crippen molar-refractivity contribution in [1.29, 1.82) is 0 Å². The van der Waals surface area contributed by atoms with E-state index in [1.807, 2.05) is 6.07 Å². The van der Waals surface area contributed by atoms with E-state index in [-0.39, 0.29) is 12.5 Å². The van der Waals surface area contributed by atoms with Crippen molar-refractivity contribution >= 4 is 11.6 Å². The number of aromatic nitrogens is 5. The van der Waals surface area contributed by atoms with E-state index >= 15 is 0 Å². The van der Waals surface area contributed by atoms with E-state index in [1.54, 1.807) is 50.9 Å². The fourth-order valence-corrected chi connectivity index (χ4v) is 2.13. The first kappa shape index (κ1) is 16.4. The van der Waals surface area contributed by atoms with Gasteiger partial charge in [0, 0.05) is 41.8 Å². The van der Waals surface area contributed by atoms with Gasteiger partial charge in [-0.05, 0) is 17.3 Å². The molecule has 1 N–H and O–H groups in total. The fourth-order valence-electron chi connectivity index (χ4n) is 2.13. The van der Waals surface area contributed by atoms with Crippen LogP contribution in [0.4, 0.5) is 5.69 Å². The summed E-state index contributed by atoms with van der Waals surface area (Å²) in [6, 6.07) is 8.69. The van der Waals surface area contributed by atoms with Gasteiger partial charge in [0.2, 0.25) is 11.7 Å². The van der Waals surface area contributed by atoms with Gasteiger partial charge in [0.05, 0.1) is 14.2 Å². The number of ether oxygens (including phenoxy) is 2. The highest BCUT2D eigenvalue weighted by molar-refractivity contribution is 5.90. The second-order valence-electron chi connectivity index (χ2n) is 5.03. The van der Waals surface area contributed by atoms with Gasteiger partial charge in [-0.1, -0.05) is 0 Å². The maximum Gasteiger partial charge on any atom is 0.248 e. The van der Waals surface area contributed by atoms with Crippen LogP contribution in [0.3, 0.4) is 0 Å². The molecule has 0 aliphatic heterocycles. The highest BCUT2D eigenvalue weighted by Crippen LogP contribution is 2.25. The number of benzene rings is 1. The molecule has 2 aromatic heterocycles. The average Bonchev–Trinajstić information content (AvgIpc) is 3.10. The molecule has 0 atom stereocenters. The molecule has 0 fully saturated rings. The van der Waals surface area contributed by atoms with Crippen molar-refractivity contribution in [2.24, 2.45) is 0 Å². The smallest absolute Gasteiger partial charge is 0.248 e. The first-order valence-corrected chi connectivity index (χ1v) is 7.39. The summed E-state index contributed by atoms with van der Waals surface area (Å²) in [5, 5.41) is 14.7. The molecule has 0 saturated carbocycles. The van der Waals surface area contributed by atoms with Crippen LogP contribution < -0.4 is 14.8 Å². The molecule has 128 valence electrons. The van der Waals surface area contributed by atoms with E-state index in [9.17, 15) is 4.79 Å². The number of anilines is 1. The molecule has 3 aromatic rings. The Morgan fingerprint density at radius 3 is 2.60 bits per heavy atom. The lowest BCUT2D eigenvalue weighted by atomic mass is 10.2. The number of hydrogen-bond acceptors (Lipinski definition) is 7. The Bertz CT molecular complexity index is 843. The first-order valence-electron chi connectivity index (χ1n) is 7.39. The second-order valence-corrected chi connectivity index (χ2v) is 5.03. The minimum absolute atomic E-state index is 0.0766. The van der Waals surface area contributed by atoms with Gasteiger partial charge in [-0.25, -0.2) is 0 Å². The molecule has 0 saturated heterocycles. The summed E-state index contributed by atoms with van der Waals surface area (Å²) in [6.45, 7) is -0.0766. The van der Waals surface area contributed by atoms with Crippen molar-refractivity contribution in [2.45, 2.75) is 6.54 Å². The third kappa shape index (κ3) is 4.08. The molecule has 0 aliphatic carbocycles. The molecule has 1 amide bonds. The molecule has 1 aromatic carbocycles. The van der Waals surface area contributed by atoms with Crippen molar-refractivity contribution < 1.29 is 14.3 Å². The van der Waals surface area contributed by atoms with Gasteiger partial charge in [-0.3, -0.25) is 9.78 Å². The molecule has 2 heterocycles. The lowest BCUT2D eigenvalue weighted by Gasteiger charge is -2.09. The topological polar surface area (TPSA) is 104 Å². The van der Waals surface area contributed by atoms with E-state index in [0.29, 0.717) is 23.0 Å². The zero-order valence-electron chi connectivity index (χ0n) is 13.7. The normalized spacial score (nSPS) is 10.3. The molecule has 0 spiro atoms. The van der Waals surface area contributed by atoms with E-state index in [2.05, 4.69) is 25.7 Å².